The maximum absolute atomic E-state index is 13.3. The zero-order valence-corrected chi connectivity index (χ0v) is 20.5. The van der Waals surface area contributed by atoms with Crippen molar-refractivity contribution in [3.8, 4) is 22.8 Å². The molecule has 0 unspecified atom stereocenters. The van der Waals surface area contributed by atoms with E-state index in [0.717, 1.165) is 42.9 Å². The number of hydrogen-bond donors (Lipinski definition) is 1. The van der Waals surface area contributed by atoms with Crippen LogP contribution in [0, 0.1) is 6.92 Å². The van der Waals surface area contributed by atoms with E-state index in [1.54, 1.807) is 4.68 Å². The Morgan fingerprint density at radius 1 is 1.06 bits per heavy atom. The summed E-state index contributed by atoms with van der Waals surface area (Å²) >= 11 is 0. The first-order chi connectivity index (χ1) is 17.6. The molecule has 4 heterocycles. The quantitative estimate of drug-likeness (QED) is 0.457. The van der Waals surface area contributed by atoms with Gasteiger partial charge in [-0.2, -0.15) is 5.10 Å². The standard InChI is InChI=1S/C27H29N5O4/c1-3-34-22-17-20(31-13-11-27(12-14-31)35-15-16-36-27)9-10-21(22)25-28-23-18(2)30-32(24(23)26(33)29-25)19-7-5-4-6-8-19/h4-10,17H,3,11-16H2,1-2H3,(H,28,29,33). The second-order valence-electron chi connectivity index (χ2n) is 9.15. The Balaban J connectivity index is 1.36. The molecule has 1 spiro atoms. The molecule has 0 atom stereocenters. The lowest BCUT2D eigenvalue weighted by Crippen LogP contribution is -2.45. The topological polar surface area (TPSA) is 94.5 Å². The summed E-state index contributed by atoms with van der Waals surface area (Å²) in [5.74, 6) is 0.725. The number of anilines is 1. The molecule has 9 nitrogen and oxygen atoms in total. The van der Waals surface area contributed by atoms with Crippen molar-refractivity contribution in [1.82, 2.24) is 19.7 Å². The average Bonchev–Trinajstić information content (AvgIpc) is 3.50. The van der Waals surface area contributed by atoms with Gasteiger partial charge in [0.2, 0.25) is 0 Å². The van der Waals surface area contributed by atoms with Crippen LogP contribution in [0.25, 0.3) is 28.1 Å². The lowest BCUT2D eigenvalue weighted by atomic mass is 10.0. The molecule has 2 saturated heterocycles. The van der Waals surface area contributed by atoms with E-state index in [0.29, 0.717) is 48.1 Å². The zero-order valence-electron chi connectivity index (χ0n) is 20.5. The van der Waals surface area contributed by atoms with Crippen molar-refractivity contribution >= 4 is 16.7 Å². The van der Waals surface area contributed by atoms with Crippen molar-refractivity contribution in [3.63, 3.8) is 0 Å². The lowest BCUT2D eigenvalue weighted by molar-refractivity contribution is -0.169. The van der Waals surface area contributed by atoms with Gasteiger partial charge in [-0.3, -0.25) is 4.79 Å². The fourth-order valence-corrected chi connectivity index (χ4v) is 5.12. The maximum Gasteiger partial charge on any atom is 0.277 e. The van der Waals surface area contributed by atoms with Crippen LogP contribution in [-0.4, -0.2) is 58.4 Å². The van der Waals surface area contributed by atoms with E-state index in [2.05, 4.69) is 21.0 Å². The summed E-state index contributed by atoms with van der Waals surface area (Å²) in [6.45, 7) is 7.33. The Morgan fingerprint density at radius 3 is 2.53 bits per heavy atom. The Bertz CT molecular complexity index is 1450. The summed E-state index contributed by atoms with van der Waals surface area (Å²) in [4.78, 5) is 23.4. The minimum Gasteiger partial charge on any atom is -0.493 e. The van der Waals surface area contributed by atoms with Gasteiger partial charge in [-0.25, -0.2) is 9.67 Å². The highest BCUT2D eigenvalue weighted by Gasteiger charge is 2.39. The summed E-state index contributed by atoms with van der Waals surface area (Å²) in [5, 5.41) is 4.60. The summed E-state index contributed by atoms with van der Waals surface area (Å²) in [6.07, 6.45) is 1.66. The van der Waals surface area contributed by atoms with Gasteiger partial charge in [-0.1, -0.05) is 18.2 Å². The number of aromatic nitrogens is 4. The van der Waals surface area contributed by atoms with Crippen molar-refractivity contribution in [2.45, 2.75) is 32.5 Å². The van der Waals surface area contributed by atoms with Gasteiger partial charge >= 0.3 is 0 Å². The number of aromatic amines is 1. The van der Waals surface area contributed by atoms with E-state index in [1.807, 2.05) is 56.3 Å². The Hall–Kier alpha value is -3.69. The molecule has 2 aliphatic heterocycles. The van der Waals surface area contributed by atoms with Crippen molar-refractivity contribution in [1.29, 1.82) is 0 Å². The number of hydrogen-bond acceptors (Lipinski definition) is 7. The molecule has 0 radical (unpaired) electrons. The number of para-hydroxylation sites is 1. The Morgan fingerprint density at radius 2 is 1.81 bits per heavy atom. The third-order valence-electron chi connectivity index (χ3n) is 6.92. The van der Waals surface area contributed by atoms with Crippen LogP contribution in [0.4, 0.5) is 5.69 Å². The molecule has 2 aromatic carbocycles. The fraction of sp³-hybridized carbons (Fsp3) is 0.370. The third-order valence-corrected chi connectivity index (χ3v) is 6.92. The van der Waals surface area contributed by atoms with Crippen molar-refractivity contribution in [3.05, 3.63) is 64.6 Å². The molecule has 4 aromatic rings. The molecular weight excluding hydrogens is 458 g/mol. The molecule has 0 saturated carbocycles. The minimum absolute atomic E-state index is 0.246. The largest absolute Gasteiger partial charge is 0.493 e. The Kier molecular flexibility index (Phi) is 5.73. The smallest absolute Gasteiger partial charge is 0.277 e. The van der Waals surface area contributed by atoms with E-state index >= 15 is 0 Å². The van der Waals surface area contributed by atoms with Crippen LogP contribution in [0.5, 0.6) is 5.75 Å². The van der Waals surface area contributed by atoms with Gasteiger partial charge < -0.3 is 24.1 Å². The van der Waals surface area contributed by atoms with Gasteiger partial charge in [0.15, 0.2) is 11.3 Å². The van der Waals surface area contributed by atoms with Gasteiger partial charge in [-0.05, 0) is 38.1 Å². The number of fused-ring (bicyclic) bond motifs is 1. The van der Waals surface area contributed by atoms with E-state index in [9.17, 15) is 4.79 Å². The molecule has 0 aliphatic carbocycles. The van der Waals surface area contributed by atoms with Crippen LogP contribution < -0.4 is 15.2 Å². The number of ether oxygens (including phenoxy) is 3. The second kappa shape index (κ2) is 9.07. The van der Waals surface area contributed by atoms with Crippen molar-refractivity contribution in [2.75, 3.05) is 37.8 Å². The van der Waals surface area contributed by atoms with E-state index in [1.165, 1.54) is 0 Å². The molecule has 2 aromatic heterocycles. The monoisotopic (exact) mass is 487 g/mol. The zero-order chi connectivity index (χ0) is 24.7. The summed E-state index contributed by atoms with van der Waals surface area (Å²) in [7, 11) is 0. The number of rotatable bonds is 5. The van der Waals surface area contributed by atoms with Crippen molar-refractivity contribution < 1.29 is 14.2 Å². The summed E-state index contributed by atoms with van der Waals surface area (Å²) in [5.41, 5.74) is 4.05. The number of aryl methyl sites for hydroxylation is 1. The van der Waals surface area contributed by atoms with E-state index in [4.69, 9.17) is 19.2 Å². The maximum atomic E-state index is 13.3. The minimum atomic E-state index is -0.417. The highest BCUT2D eigenvalue weighted by atomic mass is 16.7. The van der Waals surface area contributed by atoms with Crippen molar-refractivity contribution in [2.24, 2.45) is 0 Å². The molecule has 1 N–H and O–H groups in total. The first-order valence-electron chi connectivity index (χ1n) is 12.4. The SMILES string of the molecule is CCOc1cc(N2CCC3(CC2)OCCO3)ccc1-c1nc2c(C)nn(-c3ccccc3)c2c(=O)[nH]1. The van der Waals surface area contributed by atoms with Crippen LogP contribution in [0.3, 0.4) is 0 Å². The van der Waals surface area contributed by atoms with Gasteiger partial charge in [-0.15, -0.1) is 0 Å². The predicted molar refractivity (Wildman–Crippen MR) is 137 cm³/mol. The summed E-state index contributed by atoms with van der Waals surface area (Å²) in [6, 6.07) is 15.6. The van der Waals surface area contributed by atoms with Crippen LogP contribution in [0.15, 0.2) is 53.3 Å². The first-order valence-corrected chi connectivity index (χ1v) is 12.4. The molecular formula is C27H29N5O4. The molecule has 2 fully saturated rings. The number of nitrogens with one attached hydrogen (secondary N) is 1. The molecule has 2 aliphatic rings. The molecule has 6 rings (SSSR count). The molecule has 186 valence electrons. The van der Waals surface area contributed by atoms with Gasteiger partial charge in [0, 0.05) is 37.7 Å². The fourth-order valence-electron chi connectivity index (χ4n) is 5.12. The molecule has 0 bridgehead atoms. The highest BCUT2D eigenvalue weighted by Crippen LogP contribution is 2.37. The number of piperidine rings is 1. The highest BCUT2D eigenvalue weighted by molar-refractivity contribution is 5.81. The van der Waals surface area contributed by atoms with Crippen LogP contribution >= 0.6 is 0 Å². The third kappa shape index (κ3) is 3.94. The lowest BCUT2D eigenvalue weighted by Gasteiger charge is -2.38. The van der Waals surface area contributed by atoms with E-state index < -0.39 is 5.79 Å². The molecule has 9 heteroatoms. The average molecular weight is 488 g/mol. The van der Waals surface area contributed by atoms with Gasteiger partial charge in [0.05, 0.1) is 36.8 Å². The predicted octanol–water partition coefficient (Wildman–Crippen LogP) is 3.83. The van der Waals surface area contributed by atoms with E-state index in [-0.39, 0.29) is 5.56 Å². The number of benzene rings is 2. The molecule has 0 amide bonds. The first kappa shape index (κ1) is 22.8. The summed E-state index contributed by atoms with van der Waals surface area (Å²) < 4.78 is 19.4. The Labute approximate surface area is 208 Å². The number of H-pyrrole nitrogens is 1. The molecule has 36 heavy (non-hydrogen) atoms. The number of nitrogens with zero attached hydrogens (tertiary/aromatic N) is 4. The van der Waals surface area contributed by atoms with Crippen LogP contribution in [0.2, 0.25) is 0 Å². The van der Waals surface area contributed by atoms with Crippen LogP contribution in [0.1, 0.15) is 25.5 Å². The van der Waals surface area contributed by atoms with Crippen LogP contribution in [-0.2, 0) is 9.47 Å². The van der Waals surface area contributed by atoms with Gasteiger partial charge in [0.25, 0.3) is 5.56 Å². The normalized spacial score (nSPS) is 17.2. The van der Waals surface area contributed by atoms with Gasteiger partial charge in [0.1, 0.15) is 17.1 Å². The second-order valence-corrected chi connectivity index (χ2v) is 9.15.